The Balaban J connectivity index is 0.000000720. The van der Waals surface area contributed by atoms with Crippen LogP contribution >= 0.6 is 12.4 Å². The van der Waals surface area contributed by atoms with Gasteiger partial charge in [-0.1, -0.05) is 0 Å². The van der Waals surface area contributed by atoms with E-state index < -0.39 is 0 Å². The summed E-state index contributed by atoms with van der Waals surface area (Å²) in [5.41, 5.74) is 11.6. The molecule has 2 heterocycles. The van der Waals surface area contributed by atoms with Gasteiger partial charge in [0.05, 0.1) is 5.39 Å². The van der Waals surface area contributed by atoms with Crippen LogP contribution in [0.1, 0.15) is 0 Å². The molecule has 0 radical (unpaired) electrons. The van der Waals surface area contributed by atoms with E-state index in [1.54, 1.807) is 6.20 Å². The minimum Gasteiger partial charge on any atom is -0.383 e. The molecule has 6 heteroatoms. The van der Waals surface area contributed by atoms with Gasteiger partial charge in [-0.2, -0.15) is 9.97 Å². The lowest BCUT2D eigenvalue weighted by Gasteiger charge is -1.95. The van der Waals surface area contributed by atoms with Gasteiger partial charge in [0.1, 0.15) is 11.5 Å². The first kappa shape index (κ1) is 8.61. The topological polar surface area (TPSA) is 93.6 Å². The van der Waals surface area contributed by atoms with Crippen LogP contribution in [0.15, 0.2) is 12.3 Å². The van der Waals surface area contributed by atoms with Crippen molar-refractivity contribution in [2.45, 2.75) is 0 Å². The van der Waals surface area contributed by atoms with Gasteiger partial charge in [-0.15, -0.1) is 12.4 Å². The van der Waals surface area contributed by atoms with Crippen LogP contribution in [0.4, 0.5) is 11.8 Å². The molecule has 0 amide bonds. The number of halogens is 1. The second kappa shape index (κ2) is 2.86. The molecule has 0 spiro atoms. The summed E-state index contributed by atoms with van der Waals surface area (Å²) in [6.45, 7) is 0. The molecule has 5 nitrogen and oxygen atoms in total. The lowest BCUT2D eigenvalue weighted by atomic mass is 10.4. The van der Waals surface area contributed by atoms with Crippen molar-refractivity contribution >= 4 is 35.2 Å². The maximum absolute atomic E-state index is 5.55. The van der Waals surface area contributed by atoms with E-state index in [9.17, 15) is 0 Å². The van der Waals surface area contributed by atoms with Gasteiger partial charge < -0.3 is 16.5 Å². The van der Waals surface area contributed by atoms with Crippen molar-refractivity contribution in [2.75, 3.05) is 11.5 Å². The van der Waals surface area contributed by atoms with E-state index in [0.29, 0.717) is 11.5 Å². The van der Waals surface area contributed by atoms with Gasteiger partial charge in [0.2, 0.25) is 5.95 Å². The van der Waals surface area contributed by atoms with Crippen molar-refractivity contribution in [1.29, 1.82) is 0 Å². The Labute approximate surface area is 74.6 Å². The number of hydrogen-bond acceptors (Lipinski definition) is 4. The van der Waals surface area contributed by atoms with Crippen LogP contribution < -0.4 is 11.5 Å². The average Bonchev–Trinajstić information content (AvgIpc) is 2.34. The number of aromatic amines is 1. The highest BCUT2D eigenvalue weighted by Gasteiger charge is 2.01. The highest BCUT2D eigenvalue weighted by molar-refractivity contribution is 5.86. The number of fused-ring (bicyclic) bond motifs is 1. The first-order valence-corrected chi connectivity index (χ1v) is 3.13. The number of anilines is 2. The van der Waals surface area contributed by atoms with Crippen molar-refractivity contribution in [2.24, 2.45) is 0 Å². The molecule has 0 aliphatic heterocycles. The van der Waals surface area contributed by atoms with Crippen molar-refractivity contribution in [3.8, 4) is 0 Å². The molecule has 2 rings (SSSR count). The quantitative estimate of drug-likeness (QED) is 0.559. The predicted octanol–water partition coefficient (Wildman–Crippen LogP) is 0.544. The second-order valence-corrected chi connectivity index (χ2v) is 2.21. The van der Waals surface area contributed by atoms with Crippen LogP contribution in [-0.4, -0.2) is 15.0 Å². The molecule has 2 aromatic heterocycles. The van der Waals surface area contributed by atoms with Crippen LogP contribution in [-0.2, 0) is 0 Å². The van der Waals surface area contributed by atoms with Gasteiger partial charge in [-0.25, -0.2) is 0 Å². The van der Waals surface area contributed by atoms with E-state index >= 15 is 0 Å². The number of hydrogen-bond donors (Lipinski definition) is 3. The van der Waals surface area contributed by atoms with Crippen molar-refractivity contribution in [3.05, 3.63) is 12.3 Å². The van der Waals surface area contributed by atoms with E-state index in [-0.39, 0.29) is 18.4 Å². The molecule has 0 bridgehead atoms. The van der Waals surface area contributed by atoms with E-state index in [4.69, 9.17) is 11.5 Å². The summed E-state index contributed by atoms with van der Waals surface area (Å²) in [5.74, 6) is 0.603. The number of nitrogen functional groups attached to an aromatic ring is 2. The molecule has 0 aliphatic carbocycles. The van der Waals surface area contributed by atoms with Crippen molar-refractivity contribution in [1.82, 2.24) is 15.0 Å². The SMILES string of the molecule is Cl.Nc1nc(N)c2cc[nH]c2n1. The van der Waals surface area contributed by atoms with Gasteiger partial charge in [-0.3, -0.25) is 0 Å². The molecular formula is C6H8ClN5. The number of nitrogens with zero attached hydrogens (tertiary/aromatic N) is 2. The fourth-order valence-corrected chi connectivity index (χ4v) is 0.983. The molecule has 0 fully saturated rings. The minimum atomic E-state index is 0. The van der Waals surface area contributed by atoms with Crippen molar-refractivity contribution < 1.29 is 0 Å². The lowest BCUT2D eigenvalue weighted by molar-refractivity contribution is 1.22. The Bertz CT molecular complexity index is 396. The average molecular weight is 186 g/mol. The third-order valence-corrected chi connectivity index (χ3v) is 1.46. The first-order chi connectivity index (χ1) is 5.27. The lowest BCUT2D eigenvalue weighted by Crippen LogP contribution is -1.99. The molecule has 5 N–H and O–H groups in total. The molecule has 0 atom stereocenters. The summed E-state index contributed by atoms with van der Waals surface area (Å²) in [7, 11) is 0. The predicted molar refractivity (Wildman–Crippen MR) is 50.0 cm³/mol. The normalized spacial score (nSPS) is 9.67. The smallest absolute Gasteiger partial charge is 0.223 e. The maximum Gasteiger partial charge on any atom is 0.223 e. The summed E-state index contributed by atoms with van der Waals surface area (Å²) < 4.78 is 0. The van der Waals surface area contributed by atoms with Crippen LogP contribution in [0.5, 0.6) is 0 Å². The molecule has 0 saturated heterocycles. The van der Waals surface area contributed by atoms with Crippen molar-refractivity contribution in [3.63, 3.8) is 0 Å². The molecule has 0 unspecified atom stereocenters. The molecule has 2 aromatic rings. The Morgan fingerprint density at radius 1 is 1.25 bits per heavy atom. The number of rotatable bonds is 0. The summed E-state index contributed by atoms with van der Waals surface area (Å²) in [6.07, 6.45) is 1.75. The third-order valence-electron chi connectivity index (χ3n) is 1.46. The second-order valence-electron chi connectivity index (χ2n) is 2.21. The highest BCUT2D eigenvalue weighted by Crippen LogP contribution is 2.15. The Kier molecular flexibility index (Phi) is 2.05. The fourth-order valence-electron chi connectivity index (χ4n) is 0.983. The summed E-state index contributed by atoms with van der Waals surface area (Å²) in [5, 5.41) is 0.805. The van der Waals surface area contributed by atoms with Crippen LogP contribution in [0, 0.1) is 0 Å². The van der Waals surface area contributed by atoms with Crippen LogP contribution in [0.2, 0.25) is 0 Å². The Morgan fingerprint density at radius 2 is 2.00 bits per heavy atom. The zero-order valence-corrected chi connectivity index (χ0v) is 6.93. The largest absolute Gasteiger partial charge is 0.383 e. The summed E-state index contributed by atoms with van der Waals surface area (Å²) in [4.78, 5) is 10.6. The molecule has 0 saturated carbocycles. The molecule has 0 aromatic carbocycles. The first-order valence-electron chi connectivity index (χ1n) is 3.13. The molecule has 64 valence electrons. The van der Waals surface area contributed by atoms with Crippen LogP contribution in [0.25, 0.3) is 11.0 Å². The maximum atomic E-state index is 5.55. The number of aromatic nitrogens is 3. The monoisotopic (exact) mass is 185 g/mol. The Morgan fingerprint density at radius 3 is 2.75 bits per heavy atom. The molecular weight excluding hydrogens is 178 g/mol. The number of H-pyrrole nitrogens is 1. The fraction of sp³-hybridized carbons (Fsp3) is 0. The zero-order chi connectivity index (χ0) is 7.84. The van der Waals surface area contributed by atoms with E-state index in [2.05, 4.69) is 15.0 Å². The van der Waals surface area contributed by atoms with E-state index in [1.165, 1.54) is 0 Å². The Hall–Kier alpha value is -1.49. The van der Waals surface area contributed by atoms with Gasteiger partial charge in [0.15, 0.2) is 0 Å². The number of nitrogens with one attached hydrogen (secondary N) is 1. The van der Waals surface area contributed by atoms with Gasteiger partial charge in [-0.05, 0) is 6.07 Å². The summed E-state index contributed by atoms with van der Waals surface area (Å²) in [6, 6.07) is 1.81. The standard InChI is InChI=1S/C6H7N5.ClH/c7-4-3-1-2-9-5(3)11-6(8)10-4;/h1-2H,(H5,7,8,9,10,11);1H. The molecule has 0 aliphatic rings. The van der Waals surface area contributed by atoms with E-state index in [1.807, 2.05) is 6.07 Å². The number of nitrogens with two attached hydrogens (primary N) is 2. The third kappa shape index (κ3) is 1.14. The van der Waals surface area contributed by atoms with Crippen LogP contribution in [0.3, 0.4) is 0 Å². The zero-order valence-electron chi connectivity index (χ0n) is 6.11. The molecule has 12 heavy (non-hydrogen) atoms. The minimum absolute atomic E-state index is 0. The van der Waals surface area contributed by atoms with Gasteiger partial charge in [0, 0.05) is 6.20 Å². The van der Waals surface area contributed by atoms with Gasteiger partial charge >= 0.3 is 0 Å². The van der Waals surface area contributed by atoms with E-state index in [0.717, 1.165) is 5.39 Å². The van der Waals surface area contributed by atoms with Gasteiger partial charge in [0.25, 0.3) is 0 Å². The summed E-state index contributed by atoms with van der Waals surface area (Å²) >= 11 is 0. The highest BCUT2D eigenvalue weighted by atomic mass is 35.5.